The normalized spacial score (nSPS) is 20.8. The van der Waals surface area contributed by atoms with Crippen LogP contribution in [0.2, 0.25) is 0 Å². The number of hydrogen-bond acceptors (Lipinski definition) is 8. The summed E-state index contributed by atoms with van der Waals surface area (Å²) in [5.74, 6) is -4.70. The first-order valence-electron chi connectivity index (χ1n) is 10.1. The summed E-state index contributed by atoms with van der Waals surface area (Å²) < 4.78 is 74.5. The average Bonchev–Trinajstić information content (AvgIpc) is 3.04. The van der Waals surface area contributed by atoms with Crippen LogP contribution in [-0.2, 0) is 19.1 Å². The fourth-order valence-corrected chi connectivity index (χ4v) is 3.30. The molecule has 1 spiro atoms. The van der Waals surface area contributed by atoms with Gasteiger partial charge < -0.3 is 29.5 Å². The molecule has 35 heavy (non-hydrogen) atoms. The highest BCUT2D eigenvalue weighted by Crippen LogP contribution is 2.34. The molecule has 2 fully saturated rings. The highest BCUT2D eigenvalue weighted by atomic mass is 19.4. The van der Waals surface area contributed by atoms with E-state index in [2.05, 4.69) is 19.8 Å². The fraction of sp³-hybridized carbons (Fsp3) is 0.684. The van der Waals surface area contributed by atoms with Crippen LogP contribution >= 0.6 is 0 Å². The number of rotatable bonds is 4. The third-order valence-electron chi connectivity index (χ3n) is 4.89. The summed E-state index contributed by atoms with van der Waals surface area (Å²) in [6, 6.07) is 1.86. The van der Waals surface area contributed by atoms with Gasteiger partial charge in [0.1, 0.15) is 0 Å². The zero-order valence-corrected chi connectivity index (χ0v) is 18.7. The van der Waals surface area contributed by atoms with Gasteiger partial charge in [0, 0.05) is 51.1 Å². The lowest BCUT2D eigenvalue weighted by Gasteiger charge is -2.31. The molecule has 16 heteroatoms. The molecule has 2 aliphatic rings. The summed E-state index contributed by atoms with van der Waals surface area (Å²) in [5.41, 5.74) is 0.198. The van der Waals surface area contributed by atoms with Gasteiger partial charge in [-0.15, -0.1) is 0 Å². The van der Waals surface area contributed by atoms with Crippen molar-refractivity contribution in [2.24, 2.45) is 5.41 Å². The average molecular weight is 520 g/mol. The van der Waals surface area contributed by atoms with Crippen LogP contribution in [0, 0.1) is 5.41 Å². The number of methoxy groups -OCH3 is 1. The maximum Gasteiger partial charge on any atom is 0.490 e. The minimum absolute atomic E-state index is 0.198. The zero-order valence-electron chi connectivity index (χ0n) is 18.7. The molecule has 10 nitrogen and oxygen atoms in total. The molecule has 2 N–H and O–H groups in total. The van der Waals surface area contributed by atoms with Crippen molar-refractivity contribution in [2.75, 3.05) is 64.6 Å². The van der Waals surface area contributed by atoms with Crippen LogP contribution < -0.4 is 4.90 Å². The maximum absolute atomic E-state index is 10.6. The number of hydrogen-bond donors (Lipinski definition) is 2. The van der Waals surface area contributed by atoms with E-state index in [-0.39, 0.29) is 5.41 Å². The third-order valence-corrected chi connectivity index (χ3v) is 4.89. The van der Waals surface area contributed by atoms with Crippen LogP contribution in [0.1, 0.15) is 6.42 Å². The molecule has 0 saturated carbocycles. The van der Waals surface area contributed by atoms with Crippen molar-refractivity contribution in [3.05, 3.63) is 18.5 Å². The van der Waals surface area contributed by atoms with E-state index in [9.17, 15) is 26.3 Å². The number of likely N-dealkylation sites (tertiary alicyclic amines) is 1. The van der Waals surface area contributed by atoms with Gasteiger partial charge in [0.2, 0.25) is 5.95 Å². The van der Waals surface area contributed by atoms with Crippen molar-refractivity contribution < 1.29 is 55.6 Å². The molecule has 1 aromatic rings. The van der Waals surface area contributed by atoms with Gasteiger partial charge in [-0.3, -0.25) is 0 Å². The van der Waals surface area contributed by atoms with Crippen molar-refractivity contribution in [2.45, 2.75) is 18.8 Å². The Morgan fingerprint density at radius 3 is 2.09 bits per heavy atom. The lowest BCUT2D eigenvalue weighted by Crippen LogP contribution is -2.41. The Kier molecular flexibility index (Phi) is 11.6. The molecule has 3 rings (SSSR count). The summed E-state index contributed by atoms with van der Waals surface area (Å²) in [7, 11) is 1.76. The molecule has 1 unspecified atom stereocenters. The lowest BCUT2D eigenvalue weighted by molar-refractivity contribution is -0.193. The standard InChI is InChI=1S/C15H24N4O2.2C2HF3O2/c1-20-9-7-18-6-3-15(11-18)12-19(8-10-21-13-15)14-16-4-2-5-17-14;2*3-2(4,5)1(6)7/h2,4-5H,3,6-13H2,1H3;2*(H,6,7). The summed E-state index contributed by atoms with van der Waals surface area (Å²) >= 11 is 0. The van der Waals surface area contributed by atoms with Gasteiger partial charge in [-0.2, -0.15) is 26.3 Å². The van der Waals surface area contributed by atoms with Gasteiger partial charge >= 0.3 is 24.3 Å². The van der Waals surface area contributed by atoms with E-state index in [1.54, 1.807) is 19.5 Å². The minimum Gasteiger partial charge on any atom is -0.475 e. The number of nitrogens with zero attached hydrogens (tertiary/aromatic N) is 4. The summed E-state index contributed by atoms with van der Waals surface area (Å²) in [6.45, 7) is 7.40. The number of carbonyl (C=O) groups is 2. The Morgan fingerprint density at radius 1 is 1.06 bits per heavy atom. The van der Waals surface area contributed by atoms with Crippen molar-refractivity contribution in [3.8, 4) is 0 Å². The number of ether oxygens (including phenoxy) is 2. The Balaban J connectivity index is 0.000000362. The lowest BCUT2D eigenvalue weighted by atomic mass is 9.87. The Bertz CT molecular complexity index is 774. The number of alkyl halides is 6. The van der Waals surface area contributed by atoms with Crippen LogP contribution in [0.25, 0.3) is 0 Å². The number of carboxylic acid groups (broad SMARTS) is 2. The number of carboxylic acids is 2. The number of aromatic nitrogens is 2. The molecule has 0 radical (unpaired) electrons. The number of aliphatic carboxylic acids is 2. The first-order valence-corrected chi connectivity index (χ1v) is 10.1. The van der Waals surface area contributed by atoms with Gasteiger partial charge in [-0.25, -0.2) is 19.6 Å². The van der Waals surface area contributed by atoms with Crippen LogP contribution in [0.15, 0.2) is 18.5 Å². The van der Waals surface area contributed by atoms with Crippen molar-refractivity contribution >= 4 is 17.9 Å². The Labute approximate surface area is 196 Å². The first-order chi connectivity index (χ1) is 16.2. The molecule has 0 bridgehead atoms. The third kappa shape index (κ3) is 11.0. The molecule has 200 valence electrons. The molecular weight excluding hydrogens is 494 g/mol. The van der Waals surface area contributed by atoms with E-state index in [0.717, 1.165) is 58.5 Å². The first kappa shape index (κ1) is 30.3. The van der Waals surface area contributed by atoms with Crippen molar-refractivity contribution in [3.63, 3.8) is 0 Å². The molecule has 3 heterocycles. The van der Waals surface area contributed by atoms with E-state index < -0.39 is 24.3 Å². The van der Waals surface area contributed by atoms with Gasteiger partial charge in [0.05, 0.1) is 19.8 Å². The molecule has 0 aliphatic carbocycles. The van der Waals surface area contributed by atoms with Crippen molar-refractivity contribution in [1.29, 1.82) is 0 Å². The molecular formula is C19H26F6N4O6. The minimum atomic E-state index is -5.08. The summed E-state index contributed by atoms with van der Waals surface area (Å²) in [5, 5.41) is 14.2. The second-order valence-electron chi connectivity index (χ2n) is 7.65. The zero-order chi connectivity index (χ0) is 26.7. The second-order valence-corrected chi connectivity index (χ2v) is 7.65. The molecule has 0 aromatic carbocycles. The van der Waals surface area contributed by atoms with Crippen molar-refractivity contribution in [1.82, 2.24) is 14.9 Å². The highest BCUT2D eigenvalue weighted by molar-refractivity contribution is 5.73. The van der Waals surface area contributed by atoms with Crippen LogP contribution in [0.5, 0.6) is 0 Å². The largest absolute Gasteiger partial charge is 0.490 e. The van der Waals surface area contributed by atoms with E-state index in [1.807, 2.05) is 6.07 Å². The van der Waals surface area contributed by atoms with Crippen LogP contribution in [-0.4, -0.2) is 109 Å². The Morgan fingerprint density at radius 2 is 1.60 bits per heavy atom. The molecule has 2 saturated heterocycles. The monoisotopic (exact) mass is 520 g/mol. The summed E-state index contributed by atoms with van der Waals surface area (Å²) in [4.78, 5) is 31.3. The van der Waals surface area contributed by atoms with Gasteiger partial charge in [-0.05, 0) is 19.0 Å². The molecule has 1 aromatic heterocycles. The van der Waals surface area contributed by atoms with E-state index in [4.69, 9.17) is 29.3 Å². The van der Waals surface area contributed by atoms with E-state index in [1.165, 1.54) is 6.42 Å². The molecule has 0 amide bonds. The fourth-order valence-electron chi connectivity index (χ4n) is 3.30. The van der Waals surface area contributed by atoms with Gasteiger partial charge in [0.15, 0.2) is 0 Å². The predicted molar refractivity (Wildman–Crippen MR) is 108 cm³/mol. The maximum atomic E-state index is 10.6. The SMILES string of the molecule is COCCN1CCC2(COCCN(c3ncccn3)C2)C1.O=C(O)C(F)(F)F.O=C(O)C(F)(F)F. The summed E-state index contributed by atoms with van der Waals surface area (Å²) in [6.07, 6.45) is -5.39. The van der Waals surface area contributed by atoms with Gasteiger partial charge in [-0.1, -0.05) is 0 Å². The van der Waals surface area contributed by atoms with E-state index >= 15 is 0 Å². The Hall–Kier alpha value is -2.72. The topological polar surface area (TPSA) is 125 Å². The smallest absolute Gasteiger partial charge is 0.475 e. The predicted octanol–water partition coefficient (Wildman–Crippen LogP) is 1.92. The molecule has 2 aliphatic heterocycles. The number of halogens is 6. The quantitative estimate of drug-likeness (QED) is 0.569. The van der Waals surface area contributed by atoms with Crippen LogP contribution in [0.4, 0.5) is 32.3 Å². The second kappa shape index (κ2) is 13.4. The van der Waals surface area contributed by atoms with Crippen LogP contribution in [0.3, 0.4) is 0 Å². The van der Waals surface area contributed by atoms with E-state index in [0.29, 0.717) is 0 Å². The molecule has 1 atom stereocenters. The highest BCUT2D eigenvalue weighted by Gasteiger charge is 2.41. The number of anilines is 1. The van der Waals surface area contributed by atoms with Gasteiger partial charge in [0.25, 0.3) is 0 Å².